The van der Waals surface area contributed by atoms with Gasteiger partial charge in [0, 0.05) is 41.3 Å². The van der Waals surface area contributed by atoms with Gasteiger partial charge in [0.1, 0.15) is 0 Å². The number of hydrogen-bond acceptors (Lipinski definition) is 2. The van der Waals surface area contributed by atoms with Gasteiger partial charge in [-0.25, -0.2) is 0 Å². The van der Waals surface area contributed by atoms with Gasteiger partial charge in [-0.15, -0.1) is 0 Å². The summed E-state index contributed by atoms with van der Waals surface area (Å²) in [6.45, 7) is 3.02. The summed E-state index contributed by atoms with van der Waals surface area (Å²) in [4.78, 5) is 2.38. The van der Waals surface area contributed by atoms with Crippen molar-refractivity contribution in [1.29, 1.82) is 0 Å². The van der Waals surface area contributed by atoms with E-state index in [1.54, 1.807) is 0 Å². The average molecular weight is 259 g/mol. The summed E-state index contributed by atoms with van der Waals surface area (Å²) < 4.78 is 0. The molecule has 0 spiro atoms. The third-order valence-corrected chi connectivity index (χ3v) is 3.83. The Labute approximate surface area is 107 Å². The van der Waals surface area contributed by atoms with Crippen LogP contribution in [0.1, 0.15) is 12.0 Å². The van der Waals surface area contributed by atoms with E-state index in [1.165, 1.54) is 6.42 Å². The molecule has 0 amide bonds. The Balaban J connectivity index is 2.04. The first-order valence-electron chi connectivity index (χ1n) is 5.53. The monoisotopic (exact) mass is 258 g/mol. The molecular formula is C12H16Cl2N2. The molecule has 16 heavy (non-hydrogen) atoms. The third kappa shape index (κ3) is 2.69. The second-order valence-electron chi connectivity index (χ2n) is 4.21. The second-order valence-corrected chi connectivity index (χ2v) is 5.02. The Hall–Kier alpha value is -0.280. The zero-order valence-corrected chi connectivity index (χ0v) is 10.9. The second kappa shape index (κ2) is 5.37. The minimum atomic E-state index is 0.598. The highest BCUT2D eigenvalue weighted by Crippen LogP contribution is 2.26. The number of halogens is 2. The molecule has 2 rings (SSSR count). The zero-order valence-electron chi connectivity index (χ0n) is 9.34. The molecule has 88 valence electrons. The van der Waals surface area contributed by atoms with Crippen LogP contribution in [-0.2, 0) is 6.54 Å². The summed E-state index contributed by atoms with van der Waals surface area (Å²) in [6, 6.07) is 6.28. The van der Waals surface area contributed by atoms with E-state index >= 15 is 0 Å². The number of nitrogens with zero attached hydrogens (tertiary/aromatic N) is 1. The summed E-state index contributed by atoms with van der Waals surface area (Å²) in [6.07, 6.45) is 1.19. The minimum Gasteiger partial charge on any atom is -0.316 e. The summed E-state index contributed by atoms with van der Waals surface area (Å²) >= 11 is 12.3. The molecule has 1 N–H and O–H groups in total. The van der Waals surface area contributed by atoms with Crippen LogP contribution < -0.4 is 5.32 Å². The summed E-state index contributed by atoms with van der Waals surface area (Å²) in [5, 5.41) is 4.83. The molecule has 2 nitrogen and oxygen atoms in total. The first kappa shape index (κ1) is 12.2. The number of hydrogen-bond donors (Lipinski definition) is 1. The van der Waals surface area contributed by atoms with Crippen LogP contribution in [0.3, 0.4) is 0 Å². The molecule has 0 aromatic heterocycles. The maximum Gasteiger partial charge on any atom is 0.0465 e. The summed E-state index contributed by atoms with van der Waals surface area (Å²) in [5.74, 6) is 0. The molecule has 1 fully saturated rings. The van der Waals surface area contributed by atoms with E-state index < -0.39 is 0 Å². The van der Waals surface area contributed by atoms with Gasteiger partial charge in [-0.1, -0.05) is 29.3 Å². The van der Waals surface area contributed by atoms with Crippen LogP contribution in [0, 0.1) is 0 Å². The Kier molecular flexibility index (Phi) is 4.09. The lowest BCUT2D eigenvalue weighted by molar-refractivity contribution is 0.322. The van der Waals surface area contributed by atoms with E-state index in [0.29, 0.717) is 6.04 Å². The van der Waals surface area contributed by atoms with Crippen molar-refractivity contribution in [3.63, 3.8) is 0 Å². The molecule has 1 aliphatic heterocycles. The van der Waals surface area contributed by atoms with Crippen molar-refractivity contribution >= 4 is 23.2 Å². The molecule has 0 saturated carbocycles. The number of benzene rings is 1. The van der Waals surface area contributed by atoms with Gasteiger partial charge in [0.25, 0.3) is 0 Å². The highest BCUT2D eigenvalue weighted by molar-refractivity contribution is 6.35. The van der Waals surface area contributed by atoms with Crippen LogP contribution >= 0.6 is 23.2 Å². The number of likely N-dealkylation sites (N-methyl/N-ethyl adjacent to an activating group) is 1. The van der Waals surface area contributed by atoms with Gasteiger partial charge in [-0.2, -0.15) is 0 Å². The molecular weight excluding hydrogens is 243 g/mol. The molecule has 1 aromatic rings. The zero-order chi connectivity index (χ0) is 11.5. The van der Waals surface area contributed by atoms with Crippen molar-refractivity contribution in [3.8, 4) is 0 Å². The first-order valence-corrected chi connectivity index (χ1v) is 6.29. The lowest BCUT2D eigenvalue weighted by atomic mass is 10.2. The molecule has 1 aromatic carbocycles. The van der Waals surface area contributed by atoms with Crippen LogP contribution in [0.4, 0.5) is 0 Å². The molecule has 0 aliphatic carbocycles. The quantitative estimate of drug-likeness (QED) is 0.897. The van der Waals surface area contributed by atoms with Gasteiger partial charge >= 0.3 is 0 Å². The van der Waals surface area contributed by atoms with Crippen LogP contribution in [0.2, 0.25) is 10.0 Å². The van der Waals surface area contributed by atoms with E-state index in [4.69, 9.17) is 23.2 Å². The van der Waals surface area contributed by atoms with Crippen molar-refractivity contribution in [2.45, 2.75) is 19.0 Å². The standard InChI is InChI=1S/C12H16Cl2N2/c1-15-9-5-6-16(7-9)8-10-11(13)3-2-4-12(10)14/h2-4,9,15H,5-8H2,1H3. The number of nitrogens with one attached hydrogen (secondary N) is 1. The third-order valence-electron chi connectivity index (χ3n) is 3.12. The predicted molar refractivity (Wildman–Crippen MR) is 69.2 cm³/mol. The predicted octanol–water partition coefficient (Wildman–Crippen LogP) is 2.79. The molecule has 1 unspecified atom stereocenters. The lowest BCUT2D eigenvalue weighted by Gasteiger charge is -2.17. The minimum absolute atomic E-state index is 0.598. The molecule has 1 saturated heterocycles. The largest absolute Gasteiger partial charge is 0.316 e. The highest BCUT2D eigenvalue weighted by atomic mass is 35.5. The summed E-state index contributed by atoms with van der Waals surface area (Å²) in [5.41, 5.74) is 1.04. The fourth-order valence-electron chi connectivity index (χ4n) is 2.12. The maximum atomic E-state index is 6.15. The van der Waals surface area contributed by atoms with E-state index in [-0.39, 0.29) is 0 Å². The fourth-order valence-corrected chi connectivity index (χ4v) is 2.64. The smallest absolute Gasteiger partial charge is 0.0465 e. The van der Waals surface area contributed by atoms with Gasteiger partial charge in [0.2, 0.25) is 0 Å². The van der Waals surface area contributed by atoms with Gasteiger partial charge in [0.15, 0.2) is 0 Å². The van der Waals surface area contributed by atoms with Gasteiger partial charge in [-0.05, 0) is 25.6 Å². The molecule has 1 heterocycles. The molecule has 4 heteroatoms. The summed E-state index contributed by atoms with van der Waals surface area (Å²) in [7, 11) is 2.01. The SMILES string of the molecule is CNC1CCN(Cc2c(Cl)cccc2Cl)C1. The van der Waals surface area contributed by atoms with Crippen LogP contribution in [-0.4, -0.2) is 31.1 Å². The molecule has 0 bridgehead atoms. The number of likely N-dealkylation sites (tertiary alicyclic amines) is 1. The molecule has 0 radical (unpaired) electrons. The van der Waals surface area contributed by atoms with Crippen molar-refractivity contribution in [1.82, 2.24) is 10.2 Å². The first-order chi connectivity index (χ1) is 7.70. The number of rotatable bonds is 3. The highest BCUT2D eigenvalue weighted by Gasteiger charge is 2.22. The van der Waals surface area contributed by atoms with Gasteiger partial charge in [-0.3, -0.25) is 4.90 Å². The van der Waals surface area contributed by atoms with Gasteiger partial charge < -0.3 is 5.32 Å². The van der Waals surface area contributed by atoms with Crippen molar-refractivity contribution in [2.75, 3.05) is 20.1 Å². The Morgan fingerprint density at radius 3 is 2.62 bits per heavy atom. The Morgan fingerprint density at radius 1 is 1.38 bits per heavy atom. The Bertz CT molecular complexity index is 348. The normalized spacial score (nSPS) is 21.6. The van der Waals surface area contributed by atoms with E-state index in [9.17, 15) is 0 Å². The molecule has 1 aliphatic rings. The maximum absolute atomic E-state index is 6.15. The lowest BCUT2D eigenvalue weighted by Crippen LogP contribution is -2.29. The Morgan fingerprint density at radius 2 is 2.06 bits per heavy atom. The van der Waals surface area contributed by atoms with Crippen LogP contribution in [0.5, 0.6) is 0 Å². The van der Waals surface area contributed by atoms with Gasteiger partial charge in [0.05, 0.1) is 0 Å². The topological polar surface area (TPSA) is 15.3 Å². The van der Waals surface area contributed by atoms with Crippen molar-refractivity contribution < 1.29 is 0 Å². The molecule has 1 atom stereocenters. The average Bonchev–Trinajstić information content (AvgIpc) is 2.71. The van der Waals surface area contributed by atoms with Crippen LogP contribution in [0.25, 0.3) is 0 Å². The fraction of sp³-hybridized carbons (Fsp3) is 0.500. The van der Waals surface area contributed by atoms with Crippen molar-refractivity contribution in [2.24, 2.45) is 0 Å². The van der Waals surface area contributed by atoms with E-state index in [0.717, 1.165) is 35.2 Å². The van der Waals surface area contributed by atoms with E-state index in [1.807, 2.05) is 25.2 Å². The van der Waals surface area contributed by atoms with Crippen LogP contribution in [0.15, 0.2) is 18.2 Å². The van der Waals surface area contributed by atoms with Crippen molar-refractivity contribution in [3.05, 3.63) is 33.8 Å². The van der Waals surface area contributed by atoms with E-state index in [2.05, 4.69) is 10.2 Å².